The quantitative estimate of drug-likeness (QED) is 0.0779. The summed E-state index contributed by atoms with van der Waals surface area (Å²) in [5.41, 5.74) is 10.4. The summed E-state index contributed by atoms with van der Waals surface area (Å²) in [6.07, 6.45) is 2.74. The van der Waals surface area contributed by atoms with E-state index in [1.54, 1.807) is 0 Å². The number of anilines is 2. The fraction of sp³-hybridized carbons (Fsp3) is 0.478. The maximum atomic E-state index is 13.2. The van der Waals surface area contributed by atoms with Gasteiger partial charge in [-0.05, 0) is 20.3 Å². The zero-order chi connectivity index (χ0) is 30.3. The average Bonchev–Trinajstić information content (AvgIpc) is 3.54. The van der Waals surface area contributed by atoms with E-state index in [1.165, 1.54) is 25.6 Å². The standard InChI is InChI=1S/C23H28N10O7S2/c1-23(2,21(38)39)40-29-12(15-28-22(25)42-30-15)17(34)27-13-18(35)33-14(20(36)37)11(9-41-19(13)33)8-31-7-10(6-24)16-26-4-3-5-32(16)31/h7,13,19H,3-6,8-9,24H2,1-2H3,(H5,25,27,28,30,34,36,37,38,39)/b29-12+/t13-,19-/m1/s1. The van der Waals surface area contributed by atoms with Crippen molar-refractivity contribution in [3.63, 3.8) is 0 Å². The molecule has 2 atom stereocenters. The van der Waals surface area contributed by atoms with Crippen molar-refractivity contribution in [1.29, 1.82) is 0 Å². The third-order valence-electron chi connectivity index (χ3n) is 6.87. The summed E-state index contributed by atoms with van der Waals surface area (Å²) in [6, 6.07) is -1.12. The van der Waals surface area contributed by atoms with E-state index in [4.69, 9.17) is 16.3 Å². The molecule has 3 aliphatic heterocycles. The Hall–Kier alpha value is -4.23. The molecule has 224 valence electrons. The molecule has 5 rings (SSSR count). The molecule has 2 amide bonds. The highest BCUT2D eigenvalue weighted by Gasteiger charge is 2.53. The number of hydrogen-bond acceptors (Lipinski definition) is 14. The van der Waals surface area contributed by atoms with E-state index in [1.807, 2.05) is 15.6 Å². The molecule has 5 heterocycles. The van der Waals surface area contributed by atoms with Gasteiger partial charge in [-0.25, -0.2) is 4.79 Å². The van der Waals surface area contributed by atoms with E-state index in [-0.39, 0.29) is 29.0 Å². The number of oxime groups is 1. The van der Waals surface area contributed by atoms with Crippen molar-refractivity contribution in [2.45, 2.75) is 56.9 Å². The van der Waals surface area contributed by atoms with Crippen LogP contribution in [-0.4, -0.2) is 82.8 Å². The molecule has 2 aromatic heterocycles. The molecule has 2 aromatic rings. The first-order chi connectivity index (χ1) is 19.9. The third-order valence-corrected chi connectivity index (χ3v) is 8.75. The number of carboxylic acids is 2. The Morgan fingerprint density at radius 2 is 2.17 bits per heavy atom. The molecule has 0 aromatic carbocycles. The predicted octanol–water partition coefficient (Wildman–Crippen LogP) is -2.83. The van der Waals surface area contributed by atoms with Crippen molar-refractivity contribution in [1.82, 2.24) is 24.3 Å². The summed E-state index contributed by atoms with van der Waals surface area (Å²) in [6.45, 7) is 4.48. The molecule has 0 saturated carbocycles. The van der Waals surface area contributed by atoms with Crippen molar-refractivity contribution < 1.29 is 38.9 Å². The number of thioether (sulfide) groups is 1. The number of hydrogen-bond donors (Lipinski definition) is 5. The summed E-state index contributed by atoms with van der Waals surface area (Å²) in [4.78, 5) is 60.2. The van der Waals surface area contributed by atoms with Crippen LogP contribution in [0.25, 0.3) is 0 Å². The second-order valence-corrected chi connectivity index (χ2v) is 12.0. The number of fused-ring (bicyclic) bond motifs is 2. The number of amides is 2. The average molecular weight is 621 g/mol. The number of aromatic nitrogens is 4. The molecule has 0 aliphatic carbocycles. The largest absolute Gasteiger partial charge is 0.543 e. The molecular formula is C23H28N10O7S2. The minimum Gasteiger partial charge on any atom is -0.543 e. The van der Waals surface area contributed by atoms with Crippen LogP contribution in [0.2, 0.25) is 0 Å². The van der Waals surface area contributed by atoms with Gasteiger partial charge in [-0.1, -0.05) is 5.16 Å². The van der Waals surface area contributed by atoms with Crippen molar-refractivity contribution in [2.75, 3.05) is 23.3 Å². The fourth-order valence-corrected chi connectivity index (χ4v) is 6.45. The monoisotopic (exact) mass is 620 g/mol. The molecule has 0 radical (unpaired) electrons. The van der Waals surface area contributed by atoms with Gasteiger partial charge in [0.15, 0.2) is 17.5 Å². The number of aliphatic carboxylic acids is 2. The number of carboxylic acid groups (broad SMARTS) is 2. The van der Waals surface area contributed by atoms with E-state index in [9.17, 15) is 29.4 Å². The zero-order valence-corrected chi connectivity index (χ0v) is 24.2. The van der Waals surface area contributed by atoms with Gasteiger partial charge >= 0.3 is 5.97 Å². The van der Waals surface area contributed by atoms with Gasteiger partial charge in [0.05, 0.1) is 23.8 Å². The van der Waals surface area contributed by atoms with Crippen LogP contribution in [0.3, 0.4) is 0 Å². The van der Waals surface area contributed by atoms with Crippen molar-refractivity contribution >= 4 is 63.7 Å². The Bertz CT molecular complexity index is 1530. The maximum absolute atomic E-state index is 13.2. The lowest BCUT2D eigenvalue weighted by Gasteiger charge is -2.50. The fourth-order valence-electron chi connectivity index (χ4n) is 4.68. The molecule has 3 aliphatic rings. The van der Waals surface area contributed by atoms with Crippen molar-refractivity contribution in [3.8, 4) is 0 Å². The van der Waals surface area contributed by atoms with Crippen LogP contribution in [0.1, 0.15) is 31.7 Å². The highest BCUT2D eigenvalue weighted by molar-refractivity contribution is 8.00. The lowest BCUT2D eigenvalue weighted by molar-refractivity contribution is -0.768. The van der Waals surface area contributed by atoms with Crippen molar-refractivity contribution in [3.05, 3.63) is 28.9 Å². The number of carbonyl (C=O) groups excluding carboxylic acids is 3. The second kappa shape index (κ2) is 11.2. The SMILES string of the molecule is CC(C)(O/N=C(/C(=O)N[C@@H]1C(=O)N2C(C(=O)[O-])=C(C[n+]3cc(CN)c4n3CCCN4)CS[C@H]12)c1nsc(N)n1)C(=O)O. The van der Waals surface area contributed by atoms with E-state index in [2.05, 4.69) is 25.1 Å². The van der Waals surface area contributed by atoms with E-state index in [0.29, 0.717) is 12.1 Å². The number of nitrogens with two attached hydrogens (primary N) is 2. The number of nitrogens with zero attached hydrogens (tertiary/aromatic N) is 6. The van der Waals surface area contributed by atoms with E-state index >= 15 is 0 Å². The van der Waals surface area contributed by atoms with E-state index in [0.717, 1.165) is 47.3 Å². The topological polar surface area (TPSA) is 247 Å². The summed E-state index contributed by atoms with van der Waals surface area (Å²) in [5, 5.41) is 30.4. The number of nitrogen functional groups attached to an aromatic ring is 1. The summed E-state index contributed by atoms with van der Waals surface area (Å²) in [5.74, 6) is -3.54. The van der Waals surface area contributed by atoms with Gasteiger partial charge < -0.3 is 41.9 Å². The molecule has 17 nitrogen and oxygen atoms in total. The van der Waals surface area contributed by atoms with Crippen LogP contribution in [0, 0.1) is 0 Å². The Morgan fingerprint density at radius 1 is 1.40 bits per heavy atom. The van der Waals surface area contributed by atoms with Gasteiger partial charge in [0.2, 0.25) is 23.3 Å². The van der Waals surface area contributed by atoms with Gasteiger partial charge in [-0.3, -0.25) is 14.5 Å². The highest BCUT2D eigenvalue weighted by Crippen LogP contribution is 2.40. The minimum absolute atomic E-state index is 0.0180. The molecule has 1 fully saturated rings. The minimum atomic E-state index is -1.79. The summed E-state index contributed by atoms with van der Waals surface area (Å²) < 4.78 is 7.81. The number of carbonyl (C=O) groups is 4. The lowest BCUT2D eigenvalue weighted by Crippen LogP contribution is -2.71. The molecule has 7 N–H and O–H groups in total. The van der Waals surface area contributed by atoms with Crippen LogP contribution in [0.15, 0.2) is 22.6 Å². The van der Waals surface area contributed by atoms with E-state index < -0.39 is 46.5 Å². The first-order valence-corrected chi connectivity index (χ1v) is 14.6. The molecule has 0 spiro atoms. The maximum Gasteiger partial charge on any atom is 0.350 e. The summed E-state index contributed by atoms with van der Waals surface area (Å²) in [7, 11) is 0. The lowest BCUT2D eigenvalue weighted by atomic mass is 10.0. The van der Waals surface area contributed by atoms with Crippen LogP contribution in [-0.2, 0) is 43.7 Å². The van der Waals surface area contributed by atoms with Crippen LogP contribution < -0.4 is 31.9 Å². The van der Waals surface area contributed by atoms with Crippen LogP contribution >= 0.6 is 23.3 Å². The predicted molar refractivity (Wildman–Crippen MR) is 146 cm³/mol. The first kappa shape index (κ1) is 29.3. The normalized spacial score (nSPS) is 20.3. The van der Waals surface area contributed by atoms with Gasteiger partial charge in [0.25, 0.3) is 11.8 Å². The molecule has 42 heavy (non-hydrogen) atoms. The van der Waals surface area contributed by atoms with Gasteiger partial charge in [0.1, 0.15) is 11.4 Å². The molecular weight excluding hydrogens is 592 g/mol. The Morgan fingerprint density at radius 3 is 2.81 bits per heavy atom. The zero-order valence-electron chi connectivity index (χ0n) is 22.5. The number of nitrogens with one attached hydrogen (secondary N) is 2. The van der Waals surface area contributed by atoms with Crippen molar-refractivity contribution in [2.24, 2.45) is 10.9 Å². The molecule has 0 unspecified atom stereocenters. The molecule has 1 saturated heterocycles. The number of β-lactam (4-membered cyclic amide) rings is 1. The number of rotatable bonds is 10. The van der Waals surface area contributed by atoms with Crippen LogP contribution in [0.4, 0.5) is 10.9 Å². The summed E-state index contributed by atoms with van der Waals surface area (Å²) >= 11 is 2.05. The Labute approximate surface area is 246 Å². The molecule has 0 bridgehead atoms. The molecule has 19 heteroatoms. The highest BCUT2D eigenvalue weighted by atomic mass is 32.2. The van der Waals surface area contributed by atoms with Gasteiger partial charge in [-0.15, -0.1) is 21.1 Å². The van der Waals surface area contributed by atoms with Crippen LogP contribution in [0.5, 0.6) is 0 Å². The smallest absolute Gasteiger partial charge is 0.350 e. The Kier molecular flexibility index (Phi) is 7.82. The third kappa shape index (κ3) is 5.25. The van der Waals surface area contributed by atoms with Gasteiger partial charge in [-0.2, -0.15) is 9.36 Å². The second-order valence-electron chi connectivity index (χ2n) is 10.1. The van der Waals surface area contributed by atoms with Gasteiger partial charge in [0, 0.05) is 35.9 Å². The Balaban J connectivity index is 1.37. The first-order valence-electron chi connectivity index (χ1n) is 12.8.